The zero-order chi connectivity index (χ0) is 26.3. The van der Waals surface area contributed by atoms with Crippen molar-refractivity contribution in [1.82, 2.24) is 14.9 Å². The number of halogens is 2. The number of hydrogen-bond donors (Lipinski definition) is 2. The van der Waals surface area contributed by atoms with E-state index in [2.05, 4.69) is 26.2 Å². The number of aliphatic carboxylic acids is 1. The Kier molecular flexibility index (Phi) is 7.23. The van der Waals surface area contributed by atoms with Gasteiger partial charge in [-0.2, -0.15) is 5.26 Å². The van der Waals surface area contributed by atoms with Crippen molar-refractivity contribution in [2.75, 3.05) is 36.4 Å². The van der Waals surface area contributed by atoms with Crippen molar-refractivity contribution in [2.24, 2.45) is 17.3 Å². The second kappa shape index (κ2) is 10.3. The van der Waals surface area contributed by atoms with Gasteiger partial charge in [0, 0.05) is 35.7 Å². The molecule has 1 saturated carbocycles. The summed E-state index contributed by atoms with van der Waals surface area (Å²) in [5, 5.41) is 23.4. The number of piperidine rings is 1. The summed E-state index contributed by atoms with van der Waals surface area (Å²) in [4.78, 5) is 25.3. The number of rotatable bonds is 7. The van der Waals surface area contributed by atoms with Gasteiger partial charge in [-0.1, -0.05) is 29.3 Å². The van der Waals surface area contributed by atoms with Crippen LogP contribution in [0.1, 0.15) is 56.8 Å². The number of carboxylic acid groups (broad SMARTS) is 1. The van der Waals surface area contributed by atoms with Crippen LogP contribution in [0, 0.1) is 28.6 Å². The zero-order valence-corrected chi connectivity index (χ0v) is 22.6. The molecule has 1 aromatic heterocycles. The van der Waals surface area contributed by atoms with Gasteiger partial charge in [0.2, 0.25) is 0 Å². The van der Waals surface area contributed by atoms with Gasteiger partial charge in [0.25, 0.3) is 0 Å². The number of nitrogens with one attached hydrogen (secondary N) is 1. The lowest BCUT2D eigenvalue weighted by Crippen LogP contribution is -2.58. The Labute approximate surface area is 227 Å². The molecule has 2 N–H and O–H groups in total. The Hall–Kier alpha value is -2.60. The van der Waals surface area contributed by atoms with Crippen LogP contribution >= 0.6 is 23.2 Å². The number of benzene rings is 1. The summed E-state index contributed by atoms with van der Waals surface area (Å²) in [7, 11) is 0. The molecule has 5 rings (SSSR count). The molecule has 3 aliphatic rings. The fourth-order valence-corrected chi connectivity index (χ4v) is 6.59. The number of hydrogen-bond acceptors (Lipinski definition) is 7. The lowest BCUT2D eigenvalue weighted by molar-refractivity contribution is -0.158. The van der Waals surface area contributed by atoms with Gasteiger partial charge in [0.1, 0.15) is 11.9 Å². The zero-order valence-electron chi connectivity index (χ0n) is 21.1. The number of aromatic nitrogens is 2. The van der Waals surface area contributed by atoms with E-state index in [1.165, 1.54) is 6.42 Å². The van der Waals surface area contributed by atoms with E-state index >= 15 is 0 Å². The maximum atomic E-state index is 11.5. The van der Waals surface area contributed by atoms with Crippen molar-refractivity contribution in [3.05, 3.63) is 45.7 Å². The Morgan fingerprint density at radius 1 is 1.27 bits per heavy atom. The van der Waals surface area contributed by atoms with Crippen LogP contribution < -0.4 is 10.2 Å². The molecule has 10 heteroatoms. The first kappa shape index (κ1) is 26.0. The summed E-state index contributed by atoms with van der Waals surface area (Å²) in [6.45, 7) is 7.76. The highest BCUT2D eigenvalue weighted by Crippen LogP contribution is 2.45. The van der Waals surface area contributed by atoms with Crippen molar-refractivity contribution in [3.8, 4) is 6.07 Å². The summed E-state index contributed by atoms with van der Waals surface area (Å²) in [6.07, 6.45) is 5.55. The third kappa shape index (κ3) is 5.22. The van der Waals surface area contributed by atoms with Crippen LogP contribution in [0.5, 0.6) is 0 Å². The molecule has 1 aliphatic carbocycles. The summed E-state index contributed by atoms with van der Waals surface area (Å²) in [6, 6.07) is 7.69. The van der Waals surface area contributed by atoms with Crippen LogP contribution in [0.2, 0.25) is 10.0 Å². The summed E-state index contributed by atoms with van der Waals surface area (Å²) < 4.78 is 0. The van der Waals surface area contributed by atoms with Gasteiger partial charge in [0.05, 0.1) is 17.7 Å². The van der Waals surface area contributed by atoms with Gasteiger partial charge < -0.3 is 20.2 Å². The molecule has 0 spiro atoms. The lowest BCUT2D eigenvalue weighted by Gasteiger charge is -2.52. The molecule has 37 heavy (non-hydrogen) atoms. The maximum absolute atomic E-state index is 11.5. The lowest BCUT2D eigenvalue weighted by atomic mass is 9.65. The number of nitriles is 1. The normalized spacial score (nSPS) is 27.1. The largest absolute Gasteiger partial charge is 0.481 e. The van der Waals surface area contributed by atoms with Crippen LogP contribution in [0.4, 0.5) is 11.6 Å². The minimum atomic E-state index is -0.671. The van der Waals surface area contributed by atoms with E-state index in [0.717, 1.165) is 56.8 Å². The van der Waals surface area contributed by atoms with Gasteiger partial charge in [-0.25, -0.2) is 9.97 Å². The van der Waals surface area contributed by atoms with Crippen LogP contribution in [0.15, 0.2) is 24.4 Å². The Morgan fingerprint density at radius 3 is 2.70 bits per heavy atom. The summed E-state index contributed by atoms with van der Waals surface area (Å²) >= 11 is 12.4. The second-order valence-corrected chi connectivity index (χ2v) is 11.9. The minimum Gasteiger partial charge on any atom is -0.481 e. The Morgan fingerprint density at radius 2 is 2.03 bits per heavy atom. The fraction of sp³-hybridized carbons (Fsp3) is 0.556. The van der Waals surface area contributed by atoms with Gasteiger partial charge in [-0.05, 0) is 75.6 Å². The van der Waals surface area contributed by atoms with Gasteiger partial charge in [-0.3, -0.25) is 4.79 Å². The van der Waals surface area contributed by atoms with E-state index in [4.69, 9.17) is 28.2 Å². The van der Waals surface area contributed by atoms with E-state index in [1.54, 1.807) is 18.3 Å². The van der Waals surface area contributed by atoms with Crippen LogP contribution in [0.3, 0.4) is 0 Å². The van der Waals surface area contributed by atoms with Crippen LogP contribution in [-0.2, 0) is 4.79 Å². The van der Waals surface area contributed by atoms with E-state index in [0.29, 0.717) is 33.7 Å². The number of anilines is 2. The first-order chi connectivity index (χ1) is 17.7. The molecule has 0 radical (unpaired) electrons. The van der Waals surface area contributed by atoms with E-state index in [-0.39, 0.29) is 11.7 Å². The standard InChI is InChI=1S/C27H32Cl2N6O2/c1-16(21-6-5-19(28)8-22(21)29)32-25-23(11-30)31-12-24(33-25)35-14-18(15-35)17-4-3-7-34(13-17)20-9-27(2,10-20)26(36)37/h5-6,8,12,16-18,20H,3-4,7,9-10,13-15H2,1-2H3,(H,32,33)(H,36,37)/t16-,17+,20-,27+/m1/s1. The highest BCUT2D eigenvalue weighted by atomic mass is 35.5. The van der Waals surface area contributed by atoms with E-state index < -0.39 is 11.4 Å². The Bertz CT molecular complexity index is 1220. The topological polar surface area (TPSA) is 105 Å². The van der Waals surface area contributed by atoms with E-state index in [9.17, 15) is 15.2 Å². The molecule has 2 aliphatic heterocycles. The highest BCUT2D eigenvalue weighted by Gasteiger charge is 2.49. The van der Waals surface area contributed by atoms with Crippen molar-refractivity contribution in [3.63, 3.8) is 0 Å². The Balaban J connectivity index is 1.20. The second-order valence-electron chi connectivity index (χ2n) is 11.1. The van der Waals surface area contributed by atoms with Gasteiger partial charge in [0.15, 0.2) is 11.5 Å². The number of carboxylic acids is 1. The quantitative estimate of drug-likeness (QED) is 0.489. The average Bonchev–Trinajstić information content (AvgIpc) is 2.81. The molecule has 0 unspecified atom stereocenters. The molecule has 3 fully saturated rings. The molecule has 0 bridgehead atoms. The molecule has 2 aromatic rings. The molecular weight excluding hydrogens is 511 g/mol. The monoisotopic (exact) mass is 542 g/mol. The molecule has 0 amide bonds. The summed E-state index contributed by atoms with van der Waals surface area (Å²) in [5.74, 6) is 1.72. The van der Waals surface area contributed by atoms with Gasteiger partial charge >= 0.3 is 5.97 Å². The van der Waals surface area contributed by atoms with Gasteiger partial charge in [-0.15, -0.1) is 0 Å². The molecule has 8 nitrogen and oxygen atoms in total. The molecule has 2 saturated heterocycles. The van der Waals surface area contributed by atoms with Crippen molar-refractivity contribution < 1.29 is 9.90 Å². The molecule has 1 aromatic carbocycles. The van der Waals surface area contributed by atoms with Crippen molar-refractivity contribution >= 4 is 40.8 Å². The van der Waals surface area contributed by atoms with Crippen molar-refractivity contribution in [2.45, 2.75) is 51.6 Å². The summed E-state index contributed by atoms with van der Waals surface area (Å²) in [5.41, 5.74) is 0.555. The fourth-order valence-electron chi connectivity index (χ4n) is 6.02. The first-order valence-corrected chi connectivity index (χ1v) is 13.6. The average molecular weight is 543 g/mol. The van der Waals surface area contributed by atoms with E-state index in [1.807, 2.05) is 19.9 Å². The molecular formula is C27H32Cl2N6O2. The number of likely N-dealkylation sites (tertiary alicyclic amines) is 1. The predicted molar refractivity (Wildman–Crippen MR) is 144 cm³/mol. The highest BCUT2D eigenvalue weighted by molar-refractivity contribution is 6.35. The predicted octanol–water partition coefficient (Wildman–Crippen LogP) is 5.23. The third-order valence-electron chi connectivity index (χ3n) is 8.44. The SMILES string of the molecule is C[C@@H](Nc1nc(N2CC([C@H]3CCCN([C@H]4C[C@@](C)(C(=O)O)C4)C3)C2)cnc1C#N)c1ccc(Cl)cc1Cl. The van der Waals surface area contributed by atoms with Crippen LogP contribution in [-0.4, -0.2) is 58.2 Å². The first-order valence-electron chi connectivity index (χ1n) is 12.9. The molecule has 3 heterocycles. The number of carbonyl (C=O) groups is 1. The molecule has 196 valence electrons. The van der Waals surface area contributed by atoms with Crippen LogP contribution in [0.25, 0.3) is 0 Å². The third-order valence-corrected chi connectivity index (χ3v) is 9.01. The maximum Gasteiger partial charge on any atom is 0.309 e. The number of nitrogens with zero attached hydrogens (tertiary/aromatic N) is 5. The smallest absolute Gasteiger partial charge is 0.309 e. The van der Waals surface area contributed by atoms with Crippen molar-refractivity contribution in [1.29, 1.82) is 5.26 Å². The minimum absolute atomic E-state index is 0.187. The molecule has 2 atom stereocenters.